The van der Waals surface area contributed by atoms with Gasteiger partial charge >= 0.3 is 0 Å². The molecular formula is C49H36. The first-order valence-corrected chi connectivity index (χ1v) is 17.7. The maximum atomic E-state index is 2.52. The normalized spacial score (nSPS) is 15.0. The van der Waals surface area contributed by atoms with E-state index >= 15 is 0 Å². The van der Waals surface area contributed by atoms with Crippen LogP contribution in [0.1, 0.15) is 53.5 Å². The second kappa shape index (κ2) is 11.5. The van der Waals surface area contributed by atoms with E-state index in [1.54, 1.807) is 0 Å². The molecule has 49 heavy (non-hydrogen) atoms. The fourth-order valence-corrected chi connectivity index (χ4v) is 8.66. The van der Waals surface area contributed by atoms with Crippen molar-refractivity contribution < 1.29 is 0 Å². The van der Waals surface area contributed by atoms with Crippen LogP contribution in [0.15, 0.2) is 158 Å². The van der Waals surface area contributed by atoms with Crippen LogP contribution in [0.4, 0.5) is 0 Å². The summed E-state index contributed by atoms with van der Waals surface area (Å²) in [6.07, 6.45) is 16.8. The van der Waals surface area contributed by atoms with Gasteiger partial charge in [0.2, 0.25) is 0 Å². The highest BCUT2D eigenvalue weighted by molar-refractivity contribution is 6.23. The quantitative estimate of drug-likeness (QED) is 0.132. The van der Waals surface area contributed by atoms with E-state index in [0.29, 0.717) is 0 Å². The van der Waals surface area contributed by atoms with Crippen molar-refractivity contribution in [2.75, 3.05) is 0 Å². The molecule has 232 valence electrons. The number of rotatable bonds is 5. The van der Waals surface area contributed by atoms with Crippen LogP contribution >= 0.6 is 0 Å². The van der Waals surface area contributed by atoms with Crippen molar-refractivity contribution in [3.05, 3.63) is 186 Å². The minimum absolute atomic E-state index is 0.886. The van der Waals surface area contributed by atoms with Crippen LogP contribution in [0, 0.1) is 0 Å². The molecule has 0 aliphatic heterocycles. The van der Waals surface area contributed by atoms with Crippen LogP contribution in [-0.2, 0) is 6.42 Å². The smallest absolute Gasteiger partial charge is 0.00131 e. The third-order valence-electron chi connectivity index (χ3n) is 11.0. The molecule has 0 saturated carbocycles. The summed E-state index contributed by atoms with van der Waals surface area (Å²) in [6, 6.07) is 48.3. The molecule has 2 aliphatic rings. The van der Waals surface area contributed by atoms with Gasteiger partial charge in [-0.3, -0.25) is 0 Å². The minimum atomic E-state index is 0.886. The minimum Gasteiger partial charge on any atom is -0.0842 e. The average Bonchev–Trinajstić information content (AvgIpc) is 3.16. The summed E-state index contributed by atoms with van der Waals surface area (Å²) in [5, 5.41) is 13.3. The van der Waals surface area contributed by atoms with Crippen LogP contribution in [-0.4, -0.2) is 0 Å². The molecule has 0 saturated heterocycles. The van der Waals surface area contributed by atoms with Crippen LogP contribution in [0.5, 0.6) is 0 Å². The summed E-state index contributed by atoms with van der Waals surface area (Å²) in [6.45, 7) is 0. The monoisotopic (exact) mass is 624 g/mol. The van der Waals surface area contributed by atoms with Gasteiger partial charge in [0.15, 0.2) is 0 Å². The van der Waals surface area contributed by atoms with Crippen LogP contribution < -0.4 is 0 Å². The molecule has 0 bridgehead atoms. The van der Waals surface area contributed by atoms with E-state index in [1.165, 1.54) is 98.4 Å². The largest absolute Gasteiger partial charge is 0.0842 e. The van der Waals surface area contributed by atoms with E-state index in [4.69, 9.17) is 0 Å². The molecule has 8 aromatic carbocycles. The molecule has 0 aromatic heterocycles. The van der Waals surface area contributed by atoms with Crippen molar-refractivity contribution >= 4 is 70.6 Å². The maximum Gasteiger partial charge on any atom is -0.00131 e. The summed E-state index contributed by atoms with van der Waals surface area (Å²) >= 11 is 0. The molecule has 0 radical (unpaired) electrons. The Balaban J connectivity index is 1.20. The van der Waals surface area contributed by atoms with E-state index in [0.717, 1.165) is 32.1 Å². The van der Waals surface area contributed by atoms with Crippen molar-refractivity contribution in [1.82, 2.24) is 0 Å². The zero-order valence-corrected chi connectivity index (χ0v) is 27.5. The Hall–Kier alpha value is -5.72. The SMILES string of the molecule is C1=CCCC(c2ccc(C3=C(c4cccc5cc6ccccc6cc45)C=CCC3)c(Cc3cc4cccc5ccc6cccc3c6c54)c2)=C1. The Labute approximate surface area is 287 Å². The Morgan fingerprint density at radius 2 is 1.22 bits per heavy atom. The maximum absolute atomic E-state index is 2.52. The Kier molecular flexibility index (Phi) is 6.62. The number of benzene rings is 8. The molecule has 2 aliphatic carbocycles. The average molecular weight is 625 g/mol. The van der Waals surface area contributed by atoms with Gasteiger partial charge < -0.3 is 0 Å². The molecule has 8 aromatic rings. The summed E-state index contributed by atoms with van der Waals surface area (Å²) in [5.41, 5.74) is 11.1. The first-order valence-electron chi connectivity index (χ1n) is 17.7. The first-order chi connectivity index (χ1) is 24.3. The molecule has 0 atom stereocenters. The zero-order chi connectivity index (χ0) is 32.3. The highest BCUT2D eigenvalue weighted by Crippen LogP contribution is 2.42. The second-order valence-electron chi connectivity index (χ2n) is 13.9. The summed E-state index contributed by atoms with van der Waals surface area (Å²) < 4.78 is 0. The van der Waals surface area contributed by atoms with Gasteiger partial charge in [0.1, 0.15) is 0 Å². The molecule has 0 heterocycles. The molecule has 0 N–H and O–H groups in total. The zero-order valence-electron chi connectivity index (χ0n) is 27.5. The van der Waals surface area contributed by atoms with Crippen molar-refractivity contribution in [3.63, 3.8) is 0 Å². The Morgan fingerprint density at radius 1 is 0.469 bits per heavy atom. The lowest BCUT2D eigenvalue weighted by molar-refractivity contribution is 1.04. The number of fused-ring (bicyclic) bond motifs is 2. The molecule has 0 spiro atoms. The standard InChI is InChI=1S/C49H36/c1-2-11-32(12-3-1)37-25-26-42(40(28-37)30-41-29-39-18-8-15-33-23-24-34-16-9-21-43(41)49(34)48(33)39)44-19-6-7-20-45(44)46-22-10-17-38-27-35-13-4-5-14-36(35)31-47(38)46/h1-2,4-5,7-11,13-18,20-29,31H,3,6,12,19,30H2. The van der Waals surface area contributed by atoms with Gasteiger partial charge in [-0.2, -0.15) is 0 Å². The summed E-state index contributed by atoms with van der Waals surface area (Å²) in [7, 11) is 0. The molecule has 0 fully saturated rings. The van der Waals surface area contributed by atoms with E-state index < -0.39 is 0 Å². The number of allylic oxidation sites excluding steroid dienone is 8. The Bertz CT molecular complexity index is 2730. The Morgan fingerprint density at radius 3 is 2.10 bits per heavy atom. The lowest BCUT2D eigenvalue weighted by atomic mass is 9.81. The predicted octanol–water partition coefficient (Wildman–Crippen LogP) is 13.5. The highest BCUT2D eigenvalue weighted by Gasteiger charge is 2.20. The molecule has 0 amide bonds. The van der Waals surface area contributed by atoms with Crippen LogP contribution in [0.25, 0.3) is 70.6 Å². The number of hydrogen-bond acceptors (Lipinski definition) is 0. The van der Waals surface area contributed by atoms with Gasteiger partial charge in [-0.15, -0.1) is 0 Å². The molecule has 0 unspecified atom stereocenters. The topological polar surface area (TPSA) is 0 Å². The fourth-order valence-electron chi connectivity index (χ4n) is 8.66. The second-order valence-corrected chi connectivity index (χ2v) is 13.9. The van der Waals surface area contributed by atoms with Crippen molar-refractivity contribution in [3.8, 4) is 0 Å². The van der Waals surface area contributed by atoms with Crippen molar-refractivity contribution in [2.45, 2.75) is 32.1 Å². The van der Waals surface area contributed by atoms with Gasteiger partial charge in [0.25, 0.3) is 0 Å². The van der Waals surface area contributed by atoms with Gasteiger partial charge in [0, 0.05) is 0 Å². The summed E-state index contributed by atoms with van der Waals surface area (Å²) in [5.74, 6) is 0. The number of hydrogen-bond donors (Lipinski definition) is 0. The van der Waals surface area contributed by atoms with Gasteiger partial charge in [-0.1, -0.05) is 146 Å². The van der Waals surface area contributed by atoms with Crippen molar-refractivity contribution in [1.29, 1.82) is 0 Å². The van der Waals surface area contributed by atoms with Crippen LogP contribution in [0.3, 0.4) is 0 Å². The third-order valence-corrected chi connectivity index (χ3v) is 11.0. The molecular weight excluding hydrogens is 589 g/mol. The lowest BCUT2D eigenvalue weighted by Crippen LogP contribution is -2.03. The highest BCUT2D eigenvalue weighted by atomic mass is 14.2. The third kappa shape index (κ3) is 4.74. The van der Waals surface area contributed by atoms with Crippen LogP contribution in [0.2, 0.25) is 0 Å². The molecule has 10 rings (SSSR count). The van der Waals surface area contributed by atoms with Gasteiger partial charge in [0.05, 0.1) is 0 Å². The fraction of sp³-hybridized carbons (Fsp3) is 0.102. The van der Waals surface area contributed by atoms with E-state index in [1.807, 2.05) is 0 Å². The summed E-state index contributed by atoms with van der Waals surface area (Å²) in [4.78, 5) is 0. The lowest BCUT2D eigenvalue weighted by Gasteiger charge is -2.23. The molecule has 0 nitrogen and oxygen atoms in total. The van der Waals surface area contributed by atoms with Gasteiger partial charge in [-0.05, 0) is 143 Å². The van der Waals surface area contributed by atoms with E-state index in [-0.39, 0.29) is 0 Å². The van der Waals surface area contributed by atoms with E-state index in [9.17, 15) is 0 Å². The van der Waals surface area contributed by atoms with Crippen molar-refractivity contribution in [2.24, 2.45) is 0 Å². The molecule has 0 heteroatoms. The van der Waals surface area contributed by atoms with Gasteiger partial charge in [-0.25, -0.2) is 0 Å². The van der Waals surface area contributed by atoms with E-state index in [2.05, 4.69) is 158 Å². The predicted molar refractivity (Wildman–Crippen MR) is 212 cm³/mol. The first kappa shape index (κ1) is 28.3.